The highest BCUT2D eigenvalue weighted by atomic mass is 16.5. The summed E-state index contributed by atoms with van der Waals surface area (Å²) < 4.78 is 4.80. The molecule has 0 aromatic rings. The Morgan fingerprint density at radius 1 is 1.46 bits per heavy atom. The standard InChI is InChI=1S/C11H18O2/c1-8(2)5-9-10(6-13-7-12)11(9,3)4/h5,7,9-10H,6H2,1-4H3/t9-,10+/m1/s1. The minimum atomic E-state index is 0.306. The van der Waals surface area contributed by atoms with Gasteiger partial charge in [-0.1, -0.05) is 25.5 Å². The van der Waals surface area contributed by atoms with Crippen LogP contribution in [0.5, 0.6) is 0 Å². The van der Waals surface area contributed by atoms with Crippen LogP contribution in [0.3, 0.4) is 0 Å². The summed E-state index contributed by atoms with van der Waals surface area (Å²) in [7, 11) is 0. The zero-order valence-electron chi connectivity index (χ0n) is 8.83. The summed E-state index contributed by atoms with van der Waals surface area (Å²) in [6.45, 7) is 9.74. The van der Waals surface area contributed by atoms with Crippen molar-refractivity contribution in [1.29, 1.82) is 0 Å². The van der Waals surface area contributed by atoms with Crippen molar-refractivity contribution in [2.45, 2.75) is 27.7 Å². The van der Waals surface area contributed by atoms with Gasteiger partial charge < -0.3 is 4.74 Å². The van der Waals surface area contributed by atoms with E-state index in [1.807, 2.05) is 0 Å². The molecule has 2 heteroatoms. The van der Waals surface area contributed by atoms with Crippen LogP contribution >= 0.6 is 0 Å². The number of hydrogen-bond acceptors (Lipinski definition) is 2. The molecule has 0 spiro atoms. The molecule has 0 aliphatic heterocycles. The molecule has 1 rings (SSSR count). The molecule has 74 valence electrons. The molecule has 0 radical (unpaired) electrons. The Bertz CT molecular complexity index is 224. The summed E-state index contributed by atoms with van der Waals surface area (Å²) in [5.74, 6) is 1.09. The summed E-state index contributed by atoms with van der Waals surface area (Å²) in [6, 6.07) is 0. The van der Waals surface area contributed by atoms with Crippen molar-refractivity contribution in [3.8, 4) is 0 Å². The normalized spacial score (nSPS) is 29.2. The molecule has 0 unspecified atom stereocenters. The predicted octanol–water partition coefficient (Wildman–Crippen LogP) is 2.40. The maximum absolute atomic E-state index is 10.0. The third-order valence-electron chi connectivity index (χ3n) is 3.00. The van der Waals surface area contributed by atoms with E-state index in [1.165, 1.54) is 5.57 Å². The fraction of sp³-hybridized carbons (Fsp3) is 0.727. The SMILES string of the molecule is CC(C)=C[C@@H]1[C@H](COC=O)C1(C)C. The third kappa shape index (κ3) is 2.11. The van der Waals surface area contributed by atoms with Crippen molar-refractivity contribution in [3.63, 3.8) is 0 Å². The van der Waals surface area contributed by atoms with Gasteiger partial charge in [0.1, 0.15) is 0 Å². The molecule has 0 saturated heterocycles. The van der Waals surface area contributed by atoms with Gasteiger partial charge in [0.2, 0.25) is 0 Å². The van der Waals surface area contributed by atoms with E-state index in [0.717, 1.165) is 0 Å². The Hall–Kier alpha value is -0.790. The maximum Gasteiger partial charge on any atom is 0.293 e. The maximum atomic E-state index is 10.0. The van der Waals surface area contributed by atoms with Crippen molar-refractivity contribution < 1.29 is 9.53 Å². The summed E-state index contributed by atoms with van der Waals surface area (Å²) in [5.41, 5.74) is 1.65. The molecule has 1 saturated carbocycles. The van der Waals surface area contributed by atoms with E-state index >= 15 is 0 Å². The van der Waals surface area contributed by atoms with Crippen LogP contribution in [0.4, 0.5) is 0 Å². The molecule has 2 nitrogen and oxygen atoms in total. The molecule has 1 aliphatic carbocycles. The zero-order valence-corrected chi connectivity index (χ0v) is 8.83. The van der Waals surface area contributed by atoms with Crippen LogP contribution in [-0.2, 0) is 9.53 Å². The summed E-state index contributed by atoms with van der Waals surface area (Å²) in [5, 5.41) is 0. The van der Waals surface area contributed by atoms with E-state index in [1.54, 1.807) is 0 Å². The average molecular weight is 182 g/mol. The first-order valence-electron chi connectivity index (χ1n) is 4.70. The number of ether oxygens (including phenoxy) is 1. The van der Waals surface area contributed by atoms with Crippen LogP contribution in [-0.4, -0.2) is 13.1 Å². The second-order valence-corrected chi connectivity index (χ2v) is 4.63. The second kappa shape index (κ2) is 3.52. The quantitative estimate of drug-likeness (QED) is 0.493. The number of hydrogen-bond donors (Lipinski definition) is 0. The Labute approximate surface area is 80.0 Å². The van der Waals surface area contributed by atoms with Gasteiger partial charge in [-0.25, -0.2) is 0 Å². The van der Waals surface area contributed by atoms with E-state index in [4.69, 9.17) is 4.74 Å². The highest BCUT2D eigenvalue weighted by molar-refractivity contribution is 5.37. The van der Waals surface area contributed by atoms with Gasteiger partial charge in [-0.3, -0.25) is 4.79 Å². The first-order valence-corrected chi connectivity index (χ1v) is 4.70. The monoisotopic (exact) mass is 182 g/mol. The molecule has 13 heavy (non-hydrogen) atoms. The van der Waals surface area contributed by atoms with Gasteiger partial charge in [-0.05, 0) is 25.2 Å². The molecule has 0 bridgehead atoms. The van der Waals surface area contributed by atoms with Crippen molar-refractivity contribution in [3.05, 3.63) is 11.6 Å². The minimum Gasteiger partial charge on any atom is -0.468 e. The second-order valence-electron chi connectivity index (χ2n) is 4.63. The van der Waals surface area contributed by atoms with Crippen LogP contribution in [0.15, 0.2) is 11.6 Å². The van der Waals surface area contributed by atoms with Gasteiger partial charge in [0.05, 0.1) is 6.61 Å². The van der Waals surface area contributed by atoms with Crippen molar-refractivity contribution in [1.82, 2.24) is 0 Å². The molecule has 1 aliphatic rings. The largest absolute Gasteiger partial charge is 0.468 e. The highest BCUT2D eigenvalue weighted by Gasteiger charge is 2.56. The minimum absolute atomic E-state index is 0.306. The summed E-state index contributed by atoms with van der Waals surface area (Å²) >= 11 is 0. The molecule has 0 amide bonds. The van der Waals surface area contributed by atoms with Gasteiger partial charge >= 0.3 is 0 Å². The zero-order chi connectivity index (χ0) is 10.1. The van der Waals surface area contributed by atoms with Crippen LogP contribution in [0.2, 0.25) is 0 Å². The lowest BCUT2D eigenvalue weighted by molar-refractivity contribution is -0.129. The van der Waals surface area contributed by atoms with Gasteiger partial charge in [0.25, 0.3) is 6.47 Å². The Morgan fingerprint density at radius 3 is 2.54 bits per heavy atom. The van der Waals surface area contributed by atoms with E-state index in [0.29, 0.717) is 30.3 Å². The molecular formula is C11H18O2. The molecular weight excluding hydrogens is 164 g/mol. The van der Waals surface area contributed by atoms with Gasteiger partial charge in [0, 0.05) is 5.92 Å². The highest BCUT2D eigenvalue weighted by Crippen LogP contribution is 2.59. The van der Waals surface area contributed by atoms with Gasteiger partial charge in [-0.2, -0.15) is 0 Å². The van der Waals surface area contributed by atoms with Crippen molar-refractivity contribution in [2.24, 2.45) is 17.3 Å². The van der Waals surface area contributed by atoms with Gasteiger partial charge in [-0.15, -0.1) is 0 Å². The predicted molar refractivity (Wildman–Crippen MR) is 52.2 cm³/mol. The van der Waals surface area contributed by atoms with Crippen LogP contribution < -0.4 is 0 Å². The van der Waals surface area contributed by atoms with Crippen LogP contribution in [0.25, 0.3) is 0 Å². The molecule has 1 fully saturated rings. The Morgan fingerprint density at radius 2 is 2.08 bits per heavy atom. The Balaban J connectivity index is 2.50. The molecule has 0 aromatic heterocycles. The number of rotatable bonds is 4. The molecule has 0 N–H and O–H groups in total. The lowest BCUT2D eigenvalue weighted by atomic mass is 10.1. The van der Waals surface area contributed by atoms with Crippen LogP contribution in [0, 0.1) is 17.3 Å². The van der Waals surface area contributed by atoms with Gasteiger partial charge in [0.15, 0.2) is 0 Å². The first-order chi connectivity index (χ1) is 6.00. The topological polar surface area (TPSA) is 26.3 Å². The smallest absolute Gasteiger partial charge is 0.293 e. The van der Waals surface area contributed by atoms with E-state index < -0.39 is 0 Å². The summed E-state index contributed by atoms with van der Waals surface area (Å²) in [4.78, 5) is 10.0. The number of allylic oxidation sites excluding steroid dienone is 2. The fourth-order valence-corrected chi connectivity index (χ4v) is 1.94. The number of carbonyl (C=O) groups excluding carboxylic acids is 1. The van der Waals surface area contributed by atoms with Crippen molar-refractivity contribution in [2.75, 3.05) is 6.61 Å². The lowest BCUT2D eigenvalue weighted by Gasteiger charge is -1.99. The third-order valence-corrected chi connectivity index (χ3v) is 3.00. The van der Waals surface area contributed by atoms with E-state index in [-0.39, 0.29) is 0 Å². The molecule has 0 aromatic carbocycles. The lowest BCUT2D eigenvalue weighted by Crippen LogP contribution is -1.99. The van der Waals surface area contributed by atoms with Crippen molar-refractivity contribution >= 4 is 6.47 Å². The fourth-order valence-electron chi connectivity index (χ4n) is 1.94. The first kappa shape index (κ1) is 10.3. The number of carbonyl (C=O) groups is 1. The van der Waals surface area contributed by atoms with E-state index in [9.17, 15) is 4.79 Å². The average Bonchev–Trinajstić information content (AvgIpc) is 2.49. The molecule has 0 heterocycles. The van der Waals surface area contributed by atoms with Crippen LogP contribution in [0.1, 0.15) is 27.7 Å². The Kier molecular flexibility index (Phi) is 2.79. The summed E-state index contributed by atoms with van der Waals surface area (Å²) in [6.07, 6.45) is 2.28. The van der Waals surface area contributed by atoms with E-state index in [2.05, 4.69) is 33.8 Å². The molecule has 2 atom stereocenters.